The average Bonchev–Trinajstić information content (AvgIpc) is 2.78. The Morgan fingerprint density at radius 1 is 0.839 bits per heavy atom. The molecule has 0 heterocycles. The van der Waals surface area contributed by atoms with Crippen LogP contribution in [-0.4, -0.2) is 30.6 Å². The molecule has 3 aromatic rings. The Morgan fingerprint density at radius 2 is 1.52 bits per heavy atom. The van der Waals surface area contributed by atoms with Crippen molar-refractivity contribution in [2.24, 2.45) is 0 Å². The van der Waals surface area contributed by atoms with Crippen LogP contribution in [0.1, 0.15) is 10.4 Å². The number of nitrogens with one attached hydrogen (secondary N) is 3. The van der Waals surface area contributed by atoms with E-state index in [1.165, 1.54) is 0 Å². The maximum Gasteiger partial charge on any atom is 0.262 e. The number of amides is 2. The van der Waals surface area contributed by atoms with Crippen molar-refractivity contribution in [2.45, 2.75) is 0 Å². The fourth-order valence-electron chi connectivity index (χ4n) is 2.62. The van der Waals surface area contributed by atoms with Gasteiger partial charge in [-0.15, -0.1) is 0 Å². The predicted octanol–water partition coefficient (Wildman–Crippen LogP) is 3.84. The van der Waals surface area contributed by atoms with E-state index < -0.39 is 0 Å². The number of hydrogen-bond acceptors (Lipinski definition) is 5. The molecule has 0 atom stereocenters. The fourth-order valence-corrected chi connectivity index (χ4v) is 2.83. The standard InChI is InChI=1S/C23H21N3O4S/c1-29-19-12-10-16(11-13-19)22(28)26-23(31)25-18-7-5-6-17(14-18)24-21(27)15-30-20-8-3-2-4-9-20/h2-14H,15H2,1H3,(H,24,27)(H2,25,26,28,31). The summed E-state index contributed by atoms with van der Waals surface area (Å²) in [5.74, 6) is 0.635. The third-order valence-electron chi connectivity index (χ3n) is 4.10. The molecule has 0 bridgehead atoms. The van der Waals surface area contributed by atoms with Crippen LogP contribution in [0.3, 0.4) is 0 Å². The Hall–Kier alpha value is -3.91. The molecule has 0 spiro atoms. The highest BCUT2D eigenvalue weighted by molar-refractivity contribution is 7.80. The lowest BCUT2D eigenvalue weighted by Gasteiger charge is -2.12. The van der Waals surface area contributed by atoms with E-state index in [0.29, 0.717) is 28.4 Å². The van der Waals surface area contributed by atoms with Crippen molar-refractivity contribution in [2.75, 3.05) is 24.4 Å². The second-order valence-corrected chi connectivity index (χ2v) is 6.78. The Labute approximate surface area is 185 Å². The third kappa shape index (κ3) is 6.83. The van der Waals surface area contributed by atoms with E-state index in [2.05, 4.69) is 16.0 Å². The Bertz CT molecular complexity index is 1060. The van der Waals surface area contributed by atoms with Crippen LogP contribution < -0.4 is 25.4 Å². The molecule has 3 aromatic carbocycles. The summed E-state index contributed by atoms with van der Waals surface area (Å²) < 4.78 is 10.5. The van der Waals surface area contributed by atoms with Crippen LogP contribution in [0.25, 0.3) is 0 Å². The van der Waals surface area contributed by atoms with E-state index in [0.717, 1.165) is 0 Å². The van der Waals surface area contributed by atoms with Gasteiger partial charge in [0.15, 0.2) is 11.7 Å². The lowest BCUT2D eigenvalue weighted by molar-refractivity contribution is -0.118. The summed E-state index contributed by atoms with van der Waals surface area (Å²) in [5, 5.41) is 8.44. The summed E-state index contributed by atoms with van der Waals surface area (Å²) in [7, 11) is 1.56. The first kappa shape index (κ1) is 21.8. The van der Waals surface area contributed by atoms with Gasteiger partial charge in [-0.3, -0.25) is 14.9 Å². The summed E-state index contributed by atoms with van der Waals surface area (Å²) in [6.45, 7) is -0.113. The Balaban J connectivity index is 1.51. The van der Waals surface area contributed by atoms with E-state index in [1.807, 2.05) is 18.2 Å². The van der Waals surface area contributed by atoms with Gasteiger partial charge in [-0.2, -0.15) is 0 Å². The molecule has 0 unspecified atom stereocenters. The van der Waals surface area contributed by atoms with Crippen molar-refractivity contribution < 1.29 is 19.1 Å². The van der Waals surface area contributed by atoms with Gasteiger partial charge in [0.2, 0.25) is 0 Å². The van der Waals surface area contributed by atoms with Gasteiger partial charge in [-0.25, -0.2) is 0 Å². The number of carbonyl (C=O) groups excluding carboxylic acids is 2. The van der Waals surface area contributed by atoms with Gasteiger partial charge in [0.25, 0.3) is 11.8 Å². The smallest absolute Gasteiger partial charge is 0.262 e. The molecule has 0 aliphatic heterocycles. The molecule has 0 saturated heterocycles. The molecule has 0 fully saturated rings. The summed E-state index contributed by atoms with van der Waals surface area (Å²) in [6, 6.07) is 22.7. The molecule has 158 valence electrons. The number of methoxy groups -OCH3 is 1. The molecule has 0 aromatic heterocycles. The average molecular weight is 436 g/mol. The zero-order chi connectivity index (χ0) is 22.1. The maximum absolute atomic E-state index is 12.3. The lowest BCUT2D eigenvalue weighted by atomic mass is 10.2. The number of anilines is 2. The van der Waals surface area contributed by atoms with Crippen LogP contribution in [0, 0.1) is 0 Å². The zero-order valence-corrected chi connectivity index (χ0v) is 17.6. The van der Waals surface area contributed by atoms with Crippen molar-refractivity contribution in [3.05, 3.63) is 84.4 Å². The molecule has 2 amide bonds. The molecule has 7 nitrogen and oxygen atoms in total. The number of para-hydroxylation sites is 1. The number of thiocarbonyl (C=S) groups is 1. The third-order valence-corrected chi connectivity index (χ3v) is 4.30. The highest BCUT2D eigenvalue weighted by Crippen LogP contribution is 2.16. The van der Waals surface area contributed by atoms with Crippen molar-refractivity contribution in [1.82, 2.24) is 5.32 Å². The van der Waals surface area contributed by atoms with Gasteiger partial charge in [0, 0.05) is 16.9 Å². The number of ether oxygens (including phenoxy) is 2. The van der Waals surface area contributed by atoms with Gasteiger partial charge < -0.3 is 20.1 Å². The molecule has 31 heavy (non-hydrogen) atoms. The minimum Gasteiger partial charge on any atom is -0.497 e. The van der Waals surface area contributed by atoms with Crippen molar-refractivity contribution in [1.29, 1.82) is 0 Å². The van der Waals surface area contributed by atoms with Gasteiger partial charge in [0.1, 0.15) is 11.5 Å². The molecule has 0 aliphatic carbocycles. The monoisotopic (exact) mass is 435 g/mol. The fraction of sp³-hybridized carbons (Fsp3) is 0.0870. The summed E-state index contributed by atoms with van der Waals surface area (Å²) in [5.41, 5.74) is 1.63. The number of rotatable bonds is 7. The molecule has 0 radical (unpaired) electrons. The van der Waals surface area contributed by atoms with E-state index in [1.54, 1.807) is 67.8 Å². The van der Waals surface area contributed by atoms with Crippen molar-refractivity contribution in [3.8, 4) is 11.5 Å². The maximum atomic E-state index is 12.3. The number of benzene rings is 3. The topological polar surface area (TPSA) is 88.7 Å². The molecular formula is C23H21N3O4S. The summed E-state index contributed by atoms with van der Waals surface area (Å²) in [6.07, 6.45) is 0. The zero-order valence-electron chi connectivity index (χ0n) is 16.8. The van der Waals surface area contributed by atoms with Crippen LogP contribution >= 0.6 is 12.2 Å². The number of carbonyl (C=O) groups is 2. The second-order valence-electron chi connectivity index (χ2n) is 6.37. The van der Waals surface area contributed by atoms with Gasteiger partial charge in [0.05, 0.1) is 7.11 Å². The van der Waals surface area contributed by atoms with E-state index in [4.69, 9.17) is 21.7 Å². The van der Waals surface area contributed by atoms with Crippen LogP contribution in [0.15, 0.2) is 78.9 Å². The molecule has 0 saturated carbocycles. The van der Waals surface area contributed by atoms with Gasteiger partial charge in [-0.05, 0) is 66.8 Å². The van der Waals surface area contributed by atoms with Crippen LogP contribution in [0.4, 0.5) is 11.4 Å². The van der Waals surface area contributed by atoms with Crippen LogP contribution in [-0.2, 0) is 4.79 Å². The summed E-state index contributed by atoms with van der Waals surface area (Å²) >= 11 is 5.21. The highest BCUT2D eigenvalue weighted by atomic mass is 32.1. The largest absolute Gasteiger partial charge is 0.497 e. The van der Waals surface area contributed by atoms with E-state index in [9.17, 15) is 9.59 Å². The molecule has 0 aliphatic rings. The minimum atomic E-state index is -0.345. The van der Waals surface area contributed by atoms with Crippen molar-refractivity contribution in [3.63, 3.8) is 0 Å². The van der Waals surface area contributed by atoms with Crippen LogP contribution in [0.5, 0.6) is 11.5 Å². The van der Waals surface area contributed by atoms with Gasteiger partial charge >= 0.3 is 0 Å². The quantitative estimate of drug-likeness (QED) is 0.489. The summed E-state index contributed by atoms with van der Waals surface area (Å²) in [4.78, 5) is 24.4. The highest BCUT2D eigenvalue weighted by Gasteiger charge is 2.09. The molecule has 8 heteroatoms. The predicted molar refractivity (Wildman–Crippen MR) is 124 cm³/mol. The first-order valence-corrected chi connectivity index (χ1v) is 9.78. The molecular weight excluding hydrogens is 414 g/mol. The van der Waals surface area contributed by atoms with E-state index >= 15 is 0 Å². The van der Waals surface area contributed by atoms with Crippen molar-refractivity contribution >= 4 is 40.5 Å². The molecule has 3 rings (SSSR count). The minimum absolute atomic E-state index is 0.113. The van der Waals surface area contributed by atoms with Gasteiger partial charge in [-0.1, -0.05) is 24.3 Å². The Morgan fingerprint density at radius 3 is 2.19 bits per heavy atom. The van der Waals surface area contributed by atoms with E-state index in [-0.39, 0.29) is 23.5 Å². The second kappa shape index (κ2) is 10.7. The Kier molecular flexibility index (Phi) is 7.56. The SMILES string of the molecule is COc1ccc(C(=O)NC(=S)Nc2cccc(NC(=O)COc3ccccc3)c2)cc1. The normalized spacial score (nSPS) is 9.97. The lowest BCUT2D eigenvalue weighted by Crippen LogP contribution is -2.34. The first-order chi connectivity index (χ1) is 15.0. The number of hydrogen-bond donors (Lipinski definition) is 3. The molecule has 3 N–H and O–H groups in total. The van der Waals surface area contributed by atoms with Crippen LogP contribution in [0.2, 0.25) is 0 Å². The first-order valence-electron chi connectivity index (χ1n) is 9.37.